The number of carbonyl (C=O) groups excluding carboxylic acids is 1. The number of ether oxygens (including phenoxy) is 2. The second-order valence-electron chi connectivity index (χ2n) is 4.49. The van der Waals surface area contributed by atoms with Crippen molar-refractivity contribution in [3.8, 4) is 11.5 Å². The van der Waals surface area contributed by atoms with Gasteiger partial charge in [-0.25, -0.2) is 0 Å². The maximum atomic E-state index is 11.9. The minimum atomic E-state index is -0.555. The minimum absolute atomic E-state index is 0.129. The Bertz CT molecular complexity index is 702. The first kappa shape index (κ1) is 16.3. The molecule has 0 radical (unpaired) electrons. The number of nitro groups is 1. The summed E-state index contributed by atoms with van der Waals surface area (Å²) in [6.45, 7) is 2.04. The summed E-state index contributed by atoms with van der Waals surface area (Å²) in [5.41, 5.74) is -0.0419. The third kappa shape index (κ3) is 4.44. The molecule has 0 atom stereocenters. The van der Waals surface area contributed by atoms with E-state index in [-0.39, 0.29) is 18.0 Å². The molecular weight excluding hydrogens is 300 g/mol. The van der Waals surface area contributed by atoms with Gasteiger partial charge in [0.1, 0.15) is 5.69 Å². The van der Waals surface area contributed by atoms with Crippen LogP contribution in [0.3, 0.4) is 0 Å². The Morgan fingerprint density at radius 1 is 1.09 bits per heavy atom. The topological polar surface area (TPSA) is 90.7 Å². The molecule has 0 unspecified atom stereocenters. The maximum Gasteiger partial charge on any atom is 0.292 e. The van der Waals surface area contributed by atoms with Crippen molar-refractivity contribution in [1.82, 2.24) is 0 Å². The molecule has 7 heteroatoms. The fourth-order valence-electron chi connectivity index (χ4n) is 1.91. The van der Waals surface area contributed by atoms with Gasteiger partial charge in [0, 0.05) is 6.07 Å². The molecule has 0 aliphatic rings. The Morgan fingerprint density at radius 3 is 2.35 bits per heavy atom. The van der Waals surface area contributed by atoms with Crippen LogP contribution in [-0.4, -0.2) is 24.0 Å². The Balaban J connectivity index is 2.00. The number of amides is 1. The van der Waals surface area contributed by atoms with E-state index in [2.05, 4.69) is 5.32 Å². The number of benzene rings is 2. The molecule has 120 valence electrons. The summed E-state index contributed by atoms with van der Waals surface area (Å²) in [6, 6.07) is 12.9. The van der Waals surface area contributed by atoms with E-state index >= 15 is 0 Å². The second kappa shape index (κ2) is 7.79. The zero-order valence-corrected chi connectivity index (χ0v) is 12.5. The molecule has 0 aliphatic carbocycles. The fourth-order valence-corrected chi connectivity index (χ4v) is 1.91. The molecule has 23 heavy (non-hydrogen) atoms. The van der Waals surface area contributed by atoms with Crippen LogP contribution < -0.4 is 14.8 Å². The molecule has 0 fully saturated rings. The first-order chi connectivity index (χ1) is 11.1. The summed E-state index contributed by atoms with van der Waals surface area (Å²) in [7, 11) is 0. The number of carbonyl (C=O) groups is 1. The van der Waals surface area contributed by atoms with Crippen LogP contribution in [0, 0.1) is 10.1 Å². The standard InChI is InChI=1S/C16H16N2O5/c1-2-22-14-9-5-6-10-15(14)23-11-16(19)17-12-7-3-4-8-13(12)18(20)21/h3-10H,2,11H2,1H3,(H,17,19). The first-order valence-electron chi connectivity index (χ1n) is 6.99. The van der Waals surface area contributed by atoms with Crippen LogP contribution in [0.1, 0.15) is 6.92 Å². The number of nitrogens with one attached hydrogen (secondary N) is 1. The molecular formula is C16H16N2O5. The molecule has 0 aromatic heterocycles. The quantitative estimate of drug-likeness (QED) is 0.626. The van der Waals surface area contributed by atoms with Gasteiger partial charge < -0.3 is 14.8 Å². The van der Waals surface area contributed by atoms with Gasteiger partial charge >= 0.3 is 0 Å². The Labute approximate surface area is 133 Å². The van der Waals surface area contributed by atoms with Crippen LogP contribution in [-0.2, 0) is 4.79 Å². The van der Waals surface area contributed by atoms with Gasteiger partial charge in [0.05, 0.1) is 11.5 Å². The minimum Gasteiger partial charge on any atom is -0.490 e. The molecule has 2 aromatic carbocycles. The number of rotatable bonds is 7. The van der Waals surface area contributed by atoms with Crippen molar-refractivity contribution in [1.29, 1.82) is 0 Å². The molecule has 0 saturated heterocycles. The number of nitrogens with zero attached hydrogens (tertiary/aromatic N) is 1. The average molecular weight is 316 g/mol. The Morgan fingerprint density at radius 2 is 1.70 bits per heavy atom. The second-order valence-corrected chi connectivity index (χ2v) is 4.49. The zero-order valence-electron chi connectivity index (χ0n) is 12.5. The Hall–Kier alpha value is -3.09. The van der Waals surface area contributed by atoms with Crippen molar-refractivity contribution in [2.24, 2.45) is 0 Å². The van der Waals surface area contributed by atoms with Gasteiger partial charge in [-0.1, -0.05) is 24.3 Å². The van der Waals surface area contributed by atoms with E-state index < -0.39 is 10.8 Å². The molecule has 0 saturated carbocycles. The third-order valence-corrected chi connectivity index (χ3v) is 2.88. The number of hydrogen-bond acceptors (Lipinski definition) is 5. The average Bonchev–Trinajstić information content (AvgIpc) is 2.54. The molecule has 0 aliphatic heterocycles. The fraction of sp³-hybridized carbons (Fsp3) is 0.188. The van der Waals surface area contributed by atoms with Gasteiger partial charge in [-0.3, -0.25) is 14.9 Å². The first-order valence-corrected chi connectivity index (χ1v) is 6.99. The van der Waals surface area contributed by atoms with E-state index in [0.29, 0.717) is 18.1 Å². The van der Waals surface area contributed by atoms with Crippen molar-refractivity contribution >= 4 is 17.3 Å². The normalized spacial score (nSPS) is 9.96. The molecule has 1 amide bonds. The van der Waals surface area contributed by atoms with Crippen LogP contribution in [0.2, 0.25) is 0 Å². The lowest BCUT2D eigenvalue weighted by Gasteiger charge is -2.11. The zero-order chi connectivity index (χ0) is 16.7. The van der Waals surface area contributed by atoms with Gasteiger partial charge in [-0.05, 0) is 25.1 Å². The van der Waals surface area contributed by atoms with E-state index in [4.69, 9.17) is 9.47 Å². The number of anilines is 1. The van der Waals surface area contributed by atoms with E-state index in [1.54, 1.807) is 30.3 Å². The Kier molecular flexibility index (Phi) is 5.51. The smallest absolute Gasteiger partial charge is 0.292 e. The lowest BCUT2D eigenvalue weighted by atomic mass is 10.2. The van der Waals surface area contributed by atoms with Crippen molar-refractivity contribution in [2.45, 2.75) is 6.92 Å². The van der Waals surface area contributed by atoms with Crippen molar-refractivity contribution < 1.29 is 19.2 Å². The van der Waals surface area contributed by atoms with E-state index in [1.807, 2.05) is 6.92 Å². The number of hydrogen-bond donors (Lipinski definition) is 1. The van der Waals surface area contributed by atoms with E-state index in [9.17, 15) is 14.9 Å². The number of nitro benzene ring substituents is 1. The highest BCUT2D eigenvalue weighted by Gasteiger charge is 2.15. The summed E-state index contributed by atoms with van der Waals surface area (Å²) in [6.07, 6.45) is 0. The molecule has 0 spiro atoms. The molecule has 0 heterocycles. The summed E-state index contributed by atoms with van der Waals surface area (Å²) < 4.78 is 10.8. The molecule has 7 nitrogen and oxygen atoms in total. The van der Waals surface area contributed by atoms with Crippen LogP contribution >= 0.6 is 0 Å². The van der Waals surface area contributed by atoms with Crippen LogP contribution in [0.25, 0.3) is 0 Å². The highest BCUT2D eigenvalue weighted by atomic mass is 16.6. The molecule has 0 bridgehead atoms. The number of para-hydroxylation sites is 4. The monoisotopic (exact) mass is 316 g/mol. The van der Waals surface area contributed by atoms with Gasteiger partial charge in [-0.15, -0.1) is 0 Å². The SMILES string of the molecule is CCOc1ccccc1OCC(=O)Nc1ccccc1[N+](=O)[O-]. The van der Waals surface area contributed by atoms with Crippen LogP contribution in [0.15, 0.2) is 48.5 Å². The largest absolute Gasteiger partial charge is 0.490 e. The van der Waals surface area contributed by atoms with Crippen molar-refractivity contribution in [3.63, 3.8) is 0 Å². The highest BCUT2D eigenvalue weighted by molar-refractivity contribution is 5.94. The van der Waals surface area contributed by atoms with Crippen LogP contribution in [0.5, 0.6) is 11.5 Å². The maximum absolute atomic E-state index is 11.9. The predicted molar refractivity (Wildman–Crippen MR) is 84.8 cm³/mol. The van der Waals surface area contributed by atoms with E-state index in [0.717, 1.165) is 0 Å². The van der Waals surface area contributed by atoms with Gasteiger partial charge in [0.25, 0.3) is 11.6 Å². The summed E-state index contributed by atoms with van der Waals surface area (Å²) in [5, 5.41) is 13.4. The molecule has 2 aromatic rings. The third-order valence-electron chi connectivity index (χ3n) is 2.88. The van der Waals surface area contributed by atoms with Crippen molar-refractivity contribution in [3.05, 3.63) is 58.6 Å². The molecule has 1 N–H and O–H groups in total. The van der Waals surface area contributed by atoms with Gasteiger partial charge in [0.2, 0.25) is 0 Å². The predicted octanol–water partition coefficient (Wildman–Crippen LogP) is 3.01. The highest BCUT2D eigenvalue weighted by Crippen LogP contribution is 2.26. The van der Waals surface area contributed by atoms with Crippen LogP contribution in [0.4, 0.5) is 11.4 Å². The molecule has 2 rings (SSSR count). The summed E-state index contributed by atoms with van der Waals surface area (Å²) in [5.74, 6) is 0.478. The summed E-state index contributed by atoms with van der Waals surface area (Å²) >= 11 is 0. The van der Waals surface area contributed by atoms with Crippen molar-refractivity contribution in [2.75, 3.05) is 18.5 Å². The van der Waals surface area contributed by atoms with Gasteiger partial charge in [0.15, 0.2) is 18.1 Å². The van der Waals surface area contributed by atoms with Gasteiger partial charge in [-0.2, -0.15) is 0 Å². The summed E-state index contributed by atoms with van der Waals surface area (Å²) in [4.78, 5) is 22.3. The van der Waals surface area contributed by atoms with E-state index in [1.165, 1.54) is 18.2 Å². The lowest BCUT2D eigenvalue weighted by Crippen LogP contribution is -2.21. The lowest BCUT2D eigenvalue weighted by molar-refractivity contribution is -0.383.